The van der Waals surface area contributed by atoms with E-state index in [1.165, 1.54) is 6.33 Å². The smallest absolute Gasteiger partial charge is 0.155 e. The van der Waals surface area contributed by atoms with E-state index >= 15 is 0 Å². The number of thiocarbonyl (C=S) groups is 1. The summed E-state index contributed by atoms with van der Waals surface area (Å²) in [7, 11) is 0. The molecule has 0 saturated heterocycles. The molecule has 5 heteroatoms. The largest absolute Gasteiger partial charge is 0.259 e. The maximum atomic E-state index is 4.58. The molecule has 0 fully saturated rings. The fourth-order valence-electron chi connectivity index (χ4n) is 1.27. The van der Waals surface area contributed by atoms with Crippen molar-refractivity contribution in [2.75, 3.05) is 0 Å². The molecule has 1 heterocycles. The quantitative estimate of drug-likeness (QED) is 0.620. The van der Waals surface area contributed by atoms with E-state index in [4.69, 9.17) is 0 Å². The summed E-state index contributed by atoms with van der Waals surface area (Å²) in [6.07, 6.45) is 1.47. The molecule has 0 bridgehead atoms. The van der Waals surface area contributed by atoms with Gasteiger partial charge in [0.05, 0.1) is 10.8 Å². The van der Waals surface area contributed by atoms with Crippen LogP contribution in [-0.4, -0.2) is 20.3 Å². The number of aromatic amines is 1. The zero-order valence-electron chi connectivity index (χ0n) is 8.06. The van der Waals surface area contributed by atoms with E-state index in [9.17, 15) is 0 Å². The van der Waals surface area contributed by atoms with Crippen LogP contribution in [0.4, 0.5) is 5.69 Å². The Hall–Kier alpha value is -1.84. The van der Waals surface area contributed by atoms with Crippen molar-refractivity contribution in [3.63, 3.8) is 0 Å². The van der Waals surface area contributed by atoms with Crippen molar-refractivity contribution in [3.8, 4) is 11.4 Å². The SMILES string of the molecule is Cc1ccc(-c2ncn[nH]2)cc1N=C=S. The molecule has 0 aliphatic heterocycles. The Kier molecular flexibility index (Phi) is 2.67. The number of rotatable bonds is 2. The molecular formula is C10H8N4S. The van der Waals surface area contributed by atoms with Gasteiger partial charge in [-0.05, 0) is 30.8 Å². The molecule has 4 nitrogen and oxygen atoms in total. The first-order chi connectivity index (χ1) is 7.31. The highest BCUT2D eigenvalue weighted by atomic mass is 32.1. The van der Waals surface area contributed by atoms with Gasteiger partial charge in [-0.25, -0.2) is 4.98 Å². The minimum absolute atomic E-state index is 0.718. The number of aromatic nitrogens is 3. The molecule has 2 aromatic rings. The van der Waals surface area contributed by atoms with Crippen LogP contribution in [0.5, 0.6) is 0 Å². The van der Waals surface area contributed by atoms with Crippen molar-refractivity contribution >= 4 is 23.1 Å². The molecule has 0 spiro atoms. The number of nitrogens with zero attached hydrogens (tertiary/aromatic N) is 3. The van der Waals surface area contributed by atoms with Crippen LogP contribution >= 0.6 is 12.2 Å². The first kappa shape index (κ1) is 9.71. The van der Waals surface area contributed by atoms with Crippen LogP contribution in [0.1, 0.15) is 5.56 Å². The fourth-order valence-corrected chi connectivity index (χ4v) is 1.37. The van der Waals surface area contributed by atoms with E-state index in [1.807, 2.05) is 25.1 Å². The van der Waals surface area contributed by atoms with E-state index in [1.54, 1.807) is 0 Å². The number of isothiocyanates is 1. The molecule has 1 N–H and O–H groups in total. The van der Waals surface area contributed by atoms with Crippen LogP contribution in [0.2, 0.25) is 0 Å². The summed E-state index contributed by atoms with van der Waals surface area (Å²) in [5.74, 6) is 0.718. The minimum Gasteiger partial charge on any atom is -0.259 e. The molecule has 0 radical (unpaired) electrons. The molecule has 0 saturated carbocycles. The highest BCUT2D eigenvalue weighted by Gasteiger charge is 2.03. The van der Waals surface area contributed by atoms with Crippen molar-refractivity contribution in [2.45, 2.75) is 6.92 Å². The number of nitrogens with one attached hydrogen (secondary N) is 1. The van der Waals surface area contributed by atoms with E-state index < -0.39 is 0 Å². The number of H-pyrrole nitrogens is 1. The monoisotopic (exact) mass is 216 g/mol. The summed E-state index contributed by atoms with van der Waals surface area (Å²) >= 11 is 4.58. The Balaban J connectivity index is 2.52. The second kappa shape index (κ2) is 4.13. The Bertz CT molecular complexity index is 512. The number of aryl methyl sites for hydroxylation is 1. The summed E-state index contributed by atoms with van der Waals surface area (Å²) in [6, 6.07) is 5.82. The Morgan fingerprint density at radius 2 is 2.33 bits per heavy atom. The number of hydrogen-bond acceptors (Lipinski definition) is 4. The molecule has 74 valence electrons. The molecule has 15 heavy (non-hydrogen) atoms. The molecule has 0 aliphatic rings. The topological polar surface area (TPSA) is 53.9 Å². The Labute approximate surface area is 92.1 Å². The van der Waals surface area contributed by atoms with Crippen molar-refractivity contribution in [1.82, 2.24) is 15.2 Å². The van der Waals surface area contributed by atoms with Gasteiger partial charge in [0, 0.05) is 5.56 Å². The zero-order chi connectivity index (χ0) is 10.7. The lowest BCUT2D eigenvalue weighted by molar-refractivity contribution is 1.09. The maximum absolute atomic E-state index is 4.58. The molecule has 2 rings (SSSR count). The second-order valence-electron chi connectivity index (χ2n) is 3.04. The van der Waals surface area contributed by atoms with Gasteiger partial charge in [0.25, 0.3) is 0 Å². The van der Waals surface area contributed by atoms with Gasteiger partial charge < -0.3 is 0 Å². The highest BCUT2D eigenvalue weighted by Crippen LogP contribution is 2.24. The van der Waals surface area contributed by atoms with Gasteiger partial charge in [-0.2, -0.15) is 10.1 Å². The first-order valence-electron chi connectivity index (χ1n) is 4.35. The van der Waals surface area contributed by atoms with Crippen LogP contribution in [0.15, 0.2) is 29.5 Å². The summed E-state index contributed by atoms with van der Waals surface area (Å²) in [5.41, 5.74) is 2.79. The molecule has 0 unspecified atom stereocenters. The van der Waals surface area contributed by atoms with Crippen LogP contribution in [0.25, 0.3) is 11.4 Å². The molecule has 0 amide bonds. The first-order valence-corrected chi connectivity index (χ1v) is 4.76. The lowest BCUT2D eigenvalue weighted by Gasteiger charge is -2.00. The average molecular weight is 216 g/mol. The van der Waals surface area contributed by atoms with Crippen molar-refractivity contribution in [1.29, 1.82) is 0 Å². The average Bonchev–Trinajstić information content (AvgIpc) is 2.75. The van der Waals surface area contributed by atoms with Crippen LogP contribution in [0.3, 0.4) is 0 Å². The molecule has 0 atom stereocenters. The third-order valence-corrected chi connectivity index (χ3v) is 2.15. The summed E-state index contributed by atoms with van der Waals surface area (Å²) in [6.45, 7) is 1.97. The van der Waals surface area contributed by atoms with Crippen LogP contribution in [0, 0.1) is 6.92 Å². The highest BCUT2D eigenvalue weighted by molar-refractivity contribution is 7.78. The number of aliphatic imine (C=N–C) groups is 1. The van der Waals surface area contributed by atoms with Crippen molar-refractivity contribution < 1.29 is 0 Å². The van der Waals surface area contributed by atoms with Crippen LogP contribution < -0.4 is 0 Å². The van der Waals surface area contributed by atoms with Gasteiger partial charge in [-0.3, -0.25) is 5.10 Å². The van der Waals surface area contributed by atoms with Gasteiger partial charge in [-0.15, -0.1) is 0 Å². The third kappa shape index (κ3) is 1.98. The summed E-state index contributed by atoms with van der Waals surface area (Å²) in [4.78, 5) is 8.04. The lowest BCUT2D eigenvalue weighted by atomic mass is 10.1. The predicted octanol–water partition coefficient (Wildman–Crippen LogP) is 2.51. The molecular weight excluding hydrogens is 208 g/mol. The second-order valence-corrected chi connectivity index (χ2v) is 3.22. The van der Waals surface area contributed by atoms with Crippen molar-refractivity contribution in [2.24, 2.45) is 4.99 Å². The fraction of sp³-hybridized carbons (Fsp3) is 0.100. The van der Waals surface area contributed by atoms with Gasteiger partial charge in [0.2, 0.25) is 0 Å². The molecule has 1 aromatic heterocycles. The third-order valence-electron chi connectivity index (χ3n) is 2.06. The zero-order valence-corrected chi connectivity index (χ0v) is 8.88. The van der Waals surface area contributed by atoms with Gasteiger partial charge in [0.1, 0.15) is 6.33 Å². The van der Waals surface area contributed by atoms with Gasteiger partial charge >= 0.3 is 0 Å². The molecule has 0 aliphatic carbocycles. The van der Waals surface area contributed by atoms with E-state index in [0.29, 0.717) is 0 Å². The molecule has 1 aromatic carbocycles. The Morgan fingerprint density at radius 3 is 3.00 bits per heavy atom. The normalized spacial score (nSPS) is 9.67. The summed E-state index contributed by atoms with van der Waals surface area (Å²) in [5, 5.41) is 8.95. The van der Waals surface area contributed by atoms with Crippen LogP contribution in [-0.2, 0) is 0 Å². The van der Waals surface area contributed by atoms with E-state index in [-0.39, 0.29) is 0 Å². The van der Waals surface area contributed by atoms with Crippen molar-refractivity contribution in [3.05, 3.63) is 30.1 Å². The van der Waals surface area contributed by atoms with E-state index in [0.717, 1.165) is 22.6 Å². The number of hydrogen-bond donors (Lipinski definition) is 1. The number of benzene rings is 1. The summed E-state index contributed by atoms with van der Waals surface area (Å²) < 4.78 is 0. The standard InChI is InChI=1S/C10H8N4S/c1-7-2-3-8(4-9(7)12-6-15)10-11-5-13-14-10/h2-5H,1H3,(H,11,13,14). The minimum atomic E-state index is 0.718. The predicted molar refractivity (Wildman–Crippen MR) is 61.2 cm³/mol. The van der Waals surface area contributed by atoms with Gasteiger partial charge in [0.15, 0.2) is 5.82 Å². The van der Waals surface area contributed by atoms with Gasteiger partial charge in [-0.1, -0.05) is 12.1 Å². The Morgan fingerprint density at radius 1 is 1.47 bits per heavy atom. The van der Waals surface area contributed by atoms with E-state index in [2.05, 4.69) is 37.6 Å². The maximum Gasteiger partial charge on any atom is 0.155 e. The lowest BCUT2D eigenvalue weighted by Crippen LogP contribution is -1.82.